The molecule has 0 spiro atoms. The van der Waals surface area contributed by atoms with Gasteiger partial charge in [-0.05, 0) is 39.0 Å². The molecule has 30 heavy (non-hydrogen) atoms. The second-order valence-electron chi connectivity index (χ2n) is 7.06. The van der Waals surface area contributed by atoms with Crippen LogP contribution in [0.4, 0.5) is 5.69 Å². The van der Waals surface area contributed by atoms with E-state index in [1.807, 2.05) is 30.3 Å². The molecule has 3 aromatic rings. The van der Waals surface area contributed by atoms with Gasteiger partial charge in [-0.1, -0.05) is 36.4 Å². The number of carbonyl (C=O) groups is 2. The molecule has 0 unspecified atom stereocenters. The first-order valence-electron chi connectivity index (χ1n) is 9.58. The molecule has 0 aliphatic rings. The minimum atomic E-state index is -0.464. The SMILES string of the molecule is Cc1nc(-c2ccccc2)cc(=O)n1CC(=O)Nc1cccc(C(=O)OC(C)C)c1. The number of aryl methyl sites for hydroxylation is 1. The maximum atomic E-state index is 12.5. The topological polar surface area (TPSA) is 90.3 Å². The summed E-state index contributed by atoms with van der Waals surface area (Å²) < 4.78 is 6.47. The summed E-state index contributed by atoms with van der Waals surface area (Å²) in [6, 6.07) is 17.3. The average Bonchev–Trinajstić information content (AvgIpc) is 2.71. The van der Waals surface area contributed by atoms with Gasteiger partial charge >= 0.3 is 5.97 Å². The molecule has 0 fully saturated rings. The second kappa shape index (κ2) is 9.17. The smallest absolute Gasteiger partial charge is 0.338 e. The van der Waals surface area contributed by atoms with Crippen molar-refractivity contribution >= 4 is 17.6 Å². The zero-order chi connectivity index (χ0) is 21.7. The zero-order valence-electron chi connectivity index (χ0n) is 17.1. The summed E-state index contributed by atoms with van der Waals surface area (Å²) in [6.45, 7) is 5.03. The molecule has 0 aliphatic heterocycles. The summed E-state index contributed by atoms with van der Waals surface area (Å²) in [6.07, 6.45) is -0.239. The van der Waals surface area contributed by atoms with Crippen LogP contribution in [0, 0.1) is 6.92 Å². The molecule has 1 aromatic heterocycles. The third kappa shape index (κ3) is 5.20. The lowest BCUT2D eigenvalue weighted by Gasteiger charge is -2.12. The van der Waals surface area contributed by atoms with Crippen LogP contribution < -0.4 is 10.9 Å². The van der Waals surface area contributed by atoms with E-state index in [1.54, 1.807) is 39.0 Å². The zero-order valence-corrected chi connectivity index (χ0v) is 17.1. The van der Waals surface area contributed by atoms with Crippen LogP contribution >= 0.6 is 0 Å². The molecule has 7 heteroatoms. The Morgan fingerprint density at radius 3 is 2.47 bits per heavy atom. The van der Waals surface area contributed by atoms with Crippen LogP contribution in [0.5, 0.6) is 0 Å². The van der Waals surface area contributed by atoms with Crippen LogP contribution in [-0.2, 0) is 16.1 Å². The Bertz CT molecular complexity index is 1120. The van der Waals surface area contributed by atoms with Gasteiger partial charge in [-0.25, -0.2) is 9.78 Å². The van der Waals surface area contributed by atoms with Crippen molar-refractivity contribution in [3.05, 3.63) is 82.4 Å². The Labute approximate surface area is 174 Å². The Balaban J connectivity index is 1.74. The van der Waals surface area contributed by atoms with E-state index in [0.29, 0.717) is 22.8 Å². The lowest BCUT2D eigenvalue weighted by atomic mass is 10.1. The van der Waals surface area contributed by atoms with E-state index in [4.69, 9.17) is 4.74 Å². The third-order valence-electron chi connectivity index (χ3n) is 4.30. The van der Waals surface area contributed by atoms with Gasteiger partial charge in [-0.3, -0.25) is 14.2 Å². The fourth-order valence-electron chi connectivity index (χ4n) is 2.92. The molecule has 0 saturated heterocycles. The average molecular weight is 405 g/mol. The van der Waals surface area contributed by atoms with Crippen LogP contribution in [0.3, 0.4) is 0 Å². The van der Waals surface area contributed by atoms with E-state index in [0.717, 1.165) is 5.56 Å². The van der Waals surface area contributed by atoms with Crippen LogP contribution in [0.15, 0.2) is 65.5 Å². The van der Waals surface area contributed by atoms with E-state index < -0.39 is 11.9 Å². The molecular weight excluding hydrogens is 382 g/mol. The van der Waals surface area contributed by atoms with Crippen molar-refractivity contribution in [3.8, 4) is 11.3 Å². The van der Waals surface area contributed by atoms with Crippen molar-refractivity contribution in [1.29, 1.82) is 0 Å². The Morgan fingerprint density at radius 2 is 1.80 bits per heavy atom. The fourth-order valence-corrected chi connectivity index (χ4v) is 2.92. The van der Waals surface area contributed by atoms with E-state index in [9.17, 15) is 14.4 Å². The largest absolute Gasteiger partial charge is 0.459 e. The number of hydrogen-bond acceptors (Lipinski definition) is 5. The number of carbonyl (C=O) groups excluding carboxylic acids is 2. The maximum absolute atomic E-state index is 12.5. The Kier molecular flexibility index (Phi) is 6.41. The van der Waals surface area contributed by atoms with Crippen molar-refractivity contribution in [1.82, 2.24) is 9.55 Å². The predicted molar refractivity (Wildman–Crippen MR) is 114 cm³/mol. The number of benzene rings is 2. The van der Waals surface area contributed by atoms with Gasteiger partial charge in [0, 0.05) is 17.3 Å². The lowest BCUT2D eigenvalue weighted by Crippen LogP contribution is -2.29. The molecule has 7 nitrogen and oxygen atoms in total. The summed E-state index contributed by atoms with van der Waals surface area (Å²) >= 11 is 0. The highest BCUT2D eigenvalue weighted by Crippen LogP contribution is 2.15. The molecular formula is C23H23N3O4. The number of hydrogen-bond donors (Lipinski definition) is 1. The van der Waals surface area contributed by atoms with Crippen LogP contribution in [0.1, 0.15) is 30.0 Å². The number of rotatable bonds is 6. The number of anilines is 1. The third-order valence-corrected chi connectivity index (χ3v) is 4.30. The van der Waals surface area contributed by atoms with Crippen molar-refractivity contribution < 1.29 is 14.3 Å². The normalized spacial score (nSPS) is 10.7. The van der Waals surface area contributed by atoms with Gasteiger partial charge in [-0.2, -0.15) is 0 Å². The molecule has 1 amide bonds. The van der Waals surface area contributed by atoms with E-state index in [-0.39, 0.29) is 18.2 Å². The summed E-state index contributed by atoms with van der Waals surface area (Å²) in [5.74, 6) is -0.427. The molecule has 0 aliphatic carbocycles. The van der Waals surface area contributed by atoms with Crippen molar-refractivity contribution in [2.24, 2.45) is 0 Å². The molecule has 154 valence electrons. The molecule has 2 aromatic carbocycles. The van der Waals surface area contributed by atoms with E-state index in [2.05, 4.69) is 10.3 Å². The molecule has 0 radical (unpaired) electrons. The molecule has 1 N–H and O–H groups in total. The number of esters is 1. The molecule has 0 bridgehead atoms. The maximum Gasteiger partial charge on any atom is 0.338 e. The highest BCUT2D eigenvalue weighted by Gasteiger charge is 2.13. The first-order valence-corrected chi connectivity index (χ1v) is 9.58. The van der Waals surface area contributed by atoms with Crippen LogP contribution in [0.25, 0.3) is 11.3 Å². The summed E-state index contributed by atoms with van der Waals surface area (Å²) in [5, 5.41) is 2.71. The summed E-state index contributed by atoms with van der Waals surface area (Å²) in [5.41, 5.74) is 1.86. The lowest BCUT2D eigenvalue weighted by molar-refractivity contribution is -0.116. The van der Waals surface area contributed by atoms with Gasteiger partial charge in [0.15, 0.2) is 0 Å². The first kappa shape index (κ1) is 21.0. The van der Waals surface area contributed by atoms with E-state index >= 15 is 0 Å². The fraction of sp³-hybridized carbons (Fsp3) is 0.217. The van der Waals surface area contributed by atoms with Crippen LogP contribution in [0.2, 0.25) is 0 Å². The minimum Gasteiger partial charge on any atom is -0.459 e. The van der Waals surface area contributed by atoms with E-state index in [1.165, 1.54) is 16.7 Å². The second-order valence-corrected chi connectivity index (χ2v) is 7.06. The number of nitrogens with one attached hydrogen (secondary N) is 1. The summed E-state index contributed by atoms with van der Waals surface area (Å²) in [7, 11) is 0. The number of amides is 1. The number of aromatic nitrogens is 2. The number of ether oxygens (including phenoxy) is 1. The van der Waals surface area contributed by atoms with Crippen molar-refractivity contribution in [3.63, 3.8) is 0 Å². The predicted octanol–water partition coefficient (Wildman–Crippen LogP) is 3.42. The van der Waals surface area contributed by atoms with Crippen molar-refractivity contribution in [2.75, 3.05) is 5.32 Å². The van der Waals surface area contributed by atoms with Gasteiger partial charge in [0.1, 0.15) is 12.4 Å². The molecule has 1 heterocycles. The van der Waals surface area contributed by atoms with Crippen molar-refractivity contribution in [2.45, 2.75) is 33.4 Å². The van der Waals surface area contributed by atoms with Crippen LogP contribution in [-0.4, -0.2) is 27.5 Å². The molecule has 0 saturated carbocycles. The highest BCUT2D eigenvalue weighted by atomic mass is 16.5. The standard InChI is InChI=1S/C23H23N3O4/c1-15(2)30-23(29)18-10-7-11-19(12-18)25-21(27)14-26-16(3)24-20(13-22(26)28)17-8-5-4-6-9-17/h4-13,15H,14H2,1-3H3,(H,25,27). The van der Waals surface area contributed by atoms with Gasteiger partial charge in [-0.15, -0.1) is 0 Å². The van der Waals surface area contributed by atoms with Gasteiger partial charge in [0.25, 0.3) is 5.56 Å². The first-order chi connectivity index (χ1) is 14.3. The Morgan fingerprint density at radius 1 is 1.07 bits per heavy atom. The minimum absolute atomic E-state index is 0.187. The van der Waals surface area contributed by atoms with Gasteiger partial charge in [0.2, 0.25) is 5.91 Å². The number of nitrogens with zero attached hydrogens (tertiary/aromatic N) is 2. The monoisotopic (exact) mass is 405 g/mol. The Hall–Kier alpha value is -3.74. The highest BCUT2D eigenvalue weighted by molar-refractivity contribution is 5.94. The summed E-state index contributed by atoms with van der Waals surface area (Å²) in [4.78, 5) is 41.5. The quantitative estimate of drug-likeness (QED) is 0.635. The van der Waals surface area contributed by atoms with Gasteiger partial charge < -0.3 is 10.1 Å². The molecule has 0 atom stereocenters. The van der Waals surface area contributed by atoms with Gasteiger partial charge in [0.05, 0.1) is 17.4 Å². The molecule has 3 rings (SSSR count).